The lowest BCUT2D eigenvalue weighted by Crippen LogP contribution is -2.48. The highest BCUT2D eigenvalue weighted by atomic mass is 16.5. The van der Waals surface area contributed by atoms with E-state index in [-0.39, 0.29) is 5.97 Å². The molecule has 0 amide bonds. The van der Waals surface area contributed by atoms with Crippen LogP contribution in [0.15, 0.2) is 0 Å². The van der Waals surface area contributed by atoms with Crippen LogP contribution in [0.2, 0.25) is 0 Å². The highest BCUT2D eigenvalue weighted by Crippen LogP contribution is 2.24. The smallest absolute Gasteiger partial charge is 0.325 e. The van der Waals surface area contributed by atoms with Gasteiger partial charge in [-0.2, -0.15) is 0 Å². The topological polar surface area (TPSA) is 41.6 Å². The summed E-state index contributed by atoms with van der Waals surface area (Å²) in [6.45, 7) is 6.34. The number of hydrogen-bond acceptors (Lipinski definition) is 4. The minimum absolute atomic E-state index is 0.168. The van der Waals surface area contributed by atoms with Gasteiger partial charge in [0, 0.05) is 6.04 Å². The highest BCUT2D eigenvalue weighted by Gasteiger charge is 2.32. The molecule has 0 bridgehead atoms. The van der Waals surface area contributed by atoms with Crippen LogP contribution in [-0.4, -0.2) is 49.7 Å². The third-order valence-corrected chi connectivity index (χ3v) is 4.56. The van der Waals surface area contributed by atoms with E-state index in [1.54, 1.807) is 0 Å². The second kappa shape index (κ2) is 7.85. The molecule has 1 atom stereocenters. The zero-order chi connectivity index (χ0) is 14.3. The Bertz CT molecular complexity index is 277. The first-order chi connectivity index (χ1) is 9.07. The van der Waals surface area contributed by atoms with Crippen LogP contribution in [-0.2, 0) is 9.53 Å². The predicted molar refractivity (Wildman–Crippen MR) is 78.2 cm³/mol. The molecule has 1 aliphatic carbocycles. The maximum absolute atomic E-state index is 11.8. The normalized spacial score (nSPS) is 19.6. The van der Waals surface area contributed by atoms with Crippen molar-refractivity contribution in [2.24, 2.45) is 0 Å². The summed E-state index contributed by atoms with van der Waals surface area (Å²) in [5, 5.41) is 3.10. The molecular formula is C15H30N2O2. The van der Waals surface area contributed by atoms with E-state index in [0.717, 1.165) is 32.0 Å². The van der Waals surface area contributed by atoms with Crippen LogP contribution in [0, 0.1) is 0 Å². The van der Waals surface area contributed by atoms with E-state index >= 15 is 0 Å². The lowest BCUT2D eigenvalue weighted by atomic mass is 9.96. The molecule has 1 unspecified atom stereocenters. The Morgan fingerprint density at radius 1 is 1.42 bits per heavy atom. The van der Waals surface area contributed by atoms with Crippen LogP contribution in [0.3, 0.4) is 0 Å². The molecular weight excluding hydrogens is 240 g/mol. The standard InChI is InChI=1S/C15H30N2O2/c1-5-17(13-9-6-7-10-13)12-8-11-15(2,16-3)14(18)19-4/h13,16H,5-12H2,1-4H3. The molecule has 4 heteroatoms. The third kappa shape index (κ3) is 4.46. The van der Waals surface area contributed by atoms with Gasteiger partial charge in [0.05, 0.1) is 7.11 Å². The number of ether oxygens (including phenoxy) is 1. The van der Waals surface area contributed by atoms with Crippen molar-refractivity contribution in [3.05, 3.63) is 0 Å². The Balaban J connectivity index is 2.40. The van der Waals surface area contributed by atoms with Gasteiger partial charge in [-0.25, -0.2) is 0 Å². The summed E-state index contributed by atoms with van der Waals surface area (Å²) in [7, 11) is 3.28. The zero-order valence-corrected chi connectivity index (χ0v) is 13.0. The molecule has 0 aromatic carbocycles. The molecule has 19 heavy (non-hydrogen) atoms. The summed E-state index contributed by atoms with van der Waals surface area (Å²) in [6.07, 6.45) is 7.27. The average Bonchev–Trinajstić information content (AvgIpc) is 2.96. The van der Waals surface area contributed by atoms with Crippen LogP contribution < -0.4 is 5.32 Å². The molecule has 0 saturated heterocycles. The van der Waals surface area contributed by atoms with Gasteiger partial charge in [0.15, 0.2) is 0 Å². The highest BCUT2D eigenvalue weighted by molar-refractivity contribution is 5.80. The lowest BCUT2D eigenvalue weighted by Gasteiger charge is -2.30. The van der Waals surface area contributed by atoms with Crippen molar-refractivity contribution in [3.63, 3.8) is 0 Å². The fraction of sp³-hybridized carbons (Fsp3) is 0.933. The van der Waals surface area contributed by atoms with Crippen molar-refractivity contribution in [1.29, 1.82) is 0 Å². The summed E-state index contributed by atoms with van der Waals surface area (Å²) >= 11 is 0. The molecule has 0 heterocycles. The largest absolute Gasteiger partial charge is 0.468 e. The summed E-state index contributed by atoms with van der Waals surface area (Å²) in [5.74, 6) is -0.168. The van der Waals surface area contributed by atoms with Gasteiger partial charge in [-0.15, -0.1) is 0 Å². The second-order valence-corrected chi connectivity index (χ2v) is 5.74. The van der Waals surface area contributed by atoms with Gasteiger partial charge in [0.25, 0.3) is 0 Å². The number of hydrogen-bond donors (Lipinski definition) is 1. The maximum atomic E-state index is 11.8. The van der Waals surface area contributed by atoms with E-state index in [1.807, 2.05) is 14.0 Å². The quantitative estimate of drug-likeness (QED) is 0.686. The molecule has 1 rings (SSSR count). The summed E-state index contributed by atoms with van der Waals surface area (Å²) in [4.78, 5) is 14.3. The molecule has 1 aliphatic rings. The fourth-order valence-corrected chi connectivity index (χ4v) is 3.06. The van der Waals surface area contributed by atoms with E-state index in [0.29, 0.717) is 0 Å². The minimum atomic E-state index is -0.552. The van der Waals surface area contributed by atoms with E-state index in [9.17, 15) is 4.79 Å². The Morgan fingerprint density at radius 2 is 2.05 bits per heavy atom. The van der Waals surface area contributed by atoms with Crippen molar-refractivity contribution >= 4 is 5.97 Å². The predicted octanol–water partition coefficient (Wildman–Crippen LogP) is 2.18. The molecule has 1 saturated carbocycles. The average molecular weight is 270 g/mol. The summed E-state index contributed by atoms with van der Waals surface area (Å²) < 4.78 is 4.87. The van der Waals surface area contributed by atoms with E-state index in [4.69, 9.17) is 4.74 Å². The summed E-state index contributed by atoms with van der Waals surface area (Å²) in [6, 6.07) is 0.768. The van der Waals surface area contributed by atoms with Crippen LogP contribution >= 0.6 is 0 Å². The van der Waals surface area contributed by atoms with Crippen LogP contribution in [0.4, 0.5) is 0 Å². The number of esters is 1. The number of carbonyl (C=O) groups is 1. The number of methoxy groups -OCH3 is 1. The Labute approximate surface area is 117 Å². The molecule has 4 nitrogen and oxygen atoms in total. The van der Waals surface area contributed by atoms with Crippen molar-refractivity contribution in [2.45, 2.75) is 64.0 Å². The van der Waals surface area contributed by atoms with Crippen LogP contribution in [0.25, 0.3) is 0 Å². The van der Waals surface area contributed by atoms with Gasteiger partial charge in [-0.1, -0.05) is 19.8 Å². The van der Waals surface area contributed by atoms with Crippen molar-refractivity contribution in [3.8, 4) is 0 Å². The number of likely N-dealkylation sites (N-methyl/N-ethyl adjacent to an activating group) is 1. The molecule has 0 aliphatic heterocycles. The first-order valence-corrected chi connectivity index (χ1v) is 7.58. The minimum Gasteiger partial charge on any atom is -0.468 e. The van der Waals surface area contributed by atoms with Crippen molar-refractivity contribution in [2.75, 3.05) is 27.2 Å². The monoisotopic (exact) mass is 270 g/mol. The van der Waals surface area contributed by atoms with Gasteiger partial charge >= 0.3 is 5.97 Å². The van der Waals surface area contributed by atoms with E-state index in [1.165, 1.54) is 32.8 Å². The molecule has 0 aromatic heterocycles. The van der Waals surface area contributed by atoms with Gasteiger partial charge < -0.3 is 15.0 Å². The lowest BCUT2D eigenvalue weighted by molar-refractivity contribution is -0.148. The SMILES string of the molecule is CCN(CCCC(C)(NC)C(=O)OC)C1CCCC1. The molecule has 1 fully saturated rings. The first kappa shape index (κ1) is 16.4. The van der Waals surface area contributed by atoms with E-state index in [2.05, 4.69) is 17.1 Å². The van der Waals surface area contributed by atoms with Crippen LogP contribution in [0.1, 0.15) is 52.4 Å². The number of rotatable bonds is 8. The van der Waals surface area contributed by atoms with Gasteiger partial charge in [0.1, 0.15) is 5.54 Å². The Morgan fingerprint density at radius 3 is 2.53 bits per heavy atom. The number of carbonyl (C=O) groups excluding carboxylic acids is 1. The van der Waals surface area contributed by atoms with E-state index < -0.39 is 5.54 Å². The third-order valence-electron chi connectivity index (χ3n) is 4.56. The summed E-state index contributed by atoms with van der Waals surface area (Å²) in [5.41, 5.74) is -0.552. The fourth-order valence-electron chi connectivity index (χ4n) is 3.06. The van der Waals surface area contributed by atoms with Crippen molar-refractivity contribution in [1.82, 2.24) is 10.2 Å². The molecule has 0 aromatic rings. The first-order valence-electron chi connectivity index (χ1n) is 7.58. The molecule has 0 radical (unpaired) electrons. The van der Waals surface area contributed by atoms with Crippen LogP contribution in [0.5, 0.6) is 0 Å². The Kier molecular flexibility index (Phi) is 6.80. The Hall–Kier alpha value is -0.610. The number of nitrogens with zero attached hydrogens (tertiary/aromatic N) is 1. The number of nitrogens with one attached hydrogen (secondary N) is 1. The maximum Gasteiger partial charge on any atom is 0.325 e. The van der Waals surface area contributed by atoms with Crippen molar-refractivity contribution < 1.29 is 9.53 Å². The molecule has 1 N–H and O–H groups in total. The zero-order valence-electron chi connectivity index (χ0n) is 13.0. The molecule has 112 valence electrons. The second-order valence-electron chi connectivity index (χ2n) is 5.74. The van der Waals surface area contributed by atoms with Gasteiger partial charge in [-0.05, 0) is 52.7 Å². The van der Waals surface area contributed by atoms with Gasteiger partial charge in [-0.3, -0.25) is 4.79 Å². The molecule has 0 spiro atoms. The van der Waals surface area contributed by atoms with Gasteiger partial charge in [0.2, 0.25) is 0 Å².